The van der Waals surface area contributed by atoms with Crippen LogP contribution >= 0.6 is 0 Å². The molecule has 0 unspecified atom stereocenters. The molecule has 0 aromatic heterocycles. The van der Waals surface area contributed by atoms with Crippen LogP contribution < -0.4 is 0 Å². The van der Waals surface area contributed by atoms with E-state index in [2.05, 4.69) is 13.8 Å². The van der Waals surface area contributed by atoms with E-state index in [1.165, 1.54) is 51.4 Å². The van der Waals surface area contributed by atoms with Crippen molar-refractivity contribution in [2.24, 2.45) is 11.8 Å². The molecule has 4 nitrogen and oxygen atoms in total. The molecule has 0 saturated heterocycles. The molecule has 170 valence electrons. The molecule has 1 aliphatic carbocycles. The number of carbonyl (C=O) groups is 2. The van der Waals surface area contributed by atoms with E-state index in [-0.39, 0.29) is 23.8 Å². The van der Waals surface area contributed by atoms with Gasteiger partial charge in [-0.25, -0.2) is 0 Å². The zero-order chi connectivity index (χ0) is 21.2. The fourth-order valence-corrected chi connectivity index (χ4v) is 4.09. The van der Waals surface area contributed by atoms with Crippen molar-refractivity contribution in [2.45, 2.75) is 123 Å². The van der Waals surface area contributed by atoms with E-state index in [4.69, 9.17) is 9.47 Å². The van der Waals surface area contributed by atoms with Crippen LogP contribution in [0.2, 0.25) is 0 Å². The third-order valence-electron chi connectivity index (χ3n) is 6.13. The molecule has 0 aromatic rings. The molecular weight excluding hydrogens is 364 g/mol. The van der Waals surface area contributed by atoms with Crippen molar-refractivity contribution in [1.82, 2.24) is 0 Å². The van der Waals surface area contributed by atoms with Crippen LogP contribution in [0, 0.1) is 11.8 Å². The monoisotopic (exact) mass is 410 g/mol. The third kappa shape index (κ3) is 13.0. The van der Waals surface area contributed by atoms with Gasteiger partial charge in [0.05, 0.1) is 25.0 Å². The van der Waals surface area contributed by atoms with Crippen molar-refractivity contribution in [3.05, 3.63) is 0 Å². The zero-order valence-electron chi connectivity index (χ0n) is 19.2. The van der Waals surface area contributed by atoms with Gasteiger partial charge >= 0.3 is 11.9 Å². The lowest BCUT2D eigenvalue weighted by molar-refractivity contribution is -0.155. The Morgan fingerprint density at radius 2 is 0.862 bits per heavy atom. The molecule has 0 bridgehead atoms. The van der Waals surface area contributed by atoms with E-state index in [0.29, 0.717) is 13.2 Å². The summed E-state index contributed by atoms with van der Waals surface area (Å²) >= 11 is 0. The minimum atomic E-state index is -0.0710. The first-order valence-corrected chi connectivity index (χ1v) is 12.5. The molecule has 0 aromatic carbocycles. The summed E-state index contributed by atoms with van der Waals surface area (Å²) in [7, 11) is 0. The average molecular weight is 411 g/mol. The summed E-state index contributed by atoms with van der Waals surface area (Å²) in [4.78, 5) is 24.3. The van der Waals surface area contributed by atoms with Crippen molar-refractivity contribution in [2.75, 3.05) is 13.2 Å². The van der Waals surface area contributed by atoms with E-state index < -0.39 is 0 Å². The van der Waals surface area contributed by atoms with E-state index in [9.17, 15) is 9.59 Å². The van der Waals surface area contributed by atoms with Crippen molar-refractivity contribution in [1.29, 1.82) is 0 Å². The van der Waals surface area contributed by atoms with Crippen molar-refractivity contribution in [3.8, 4) is 0 Å². The van der Waals surface area contributed by atoms with Crippen molar-refractivity contribution < 1.29 is 19.1 Å². The quantitative estimate of drug-likeness (QED) is 0.191. The summed E-state index contributed by atoms with van der Waals surface area (Å²) in [6, 6.07) is 0. The topological polar surface area (TPSA) is 52.6 Å². The number of unbranched alkanes of at least 4 members (excludes halogenated alkanes) is 11. The second kappa shape index (κ2) is 17.8. The summed E-state index contributed by atoms with van der Waals surface area (Å²) in [6.45, 7) is 5.48. The number of ether oxygens (including phenoxy) is 2. The Labute approximate surface area is 179 Å². The predicted octanol–water partition coefficient (Wildman–Crippen LogP) is 6.99. The van der Waals surface area contributed by atoms with Gasteiger partial charge in [-0.05, 0) is 38.5 Å². The van der Waals surface area contributed by atoms with Gasteiger partial charge in [0.15, 0.2) is 0 Å². The van der Waals surface area contributed by atoms with Gasteiger partial charge in [-0.15, -0.1) is 0 Å². The van der Waals surface area contributed by atoms with Crippen LogP contribution in [-0.4, -0.2) is 25.2 Å². The smallest absolute Gasteiger partial charge is 0.308 e. The molecule has 1 fully saturated rings. The van der Waals surface area contributed by atoms with E-state index in [0.717, 1.165) is 57.8 Å². The van der Waals surface area contributed by atoms with Gasteiger partial charge in [0.1, 0.15) is 0 Å². The predicted molar refractivity (Wildman–Crippen MR) is 119 cm³/mol. The molecule has 1 saturated carbocycles. The molecule has 0 atom stereocenters. The Bertz CT molecular complexity index is 413. The maximum Gasteiger partial charge on any atom is 0.308 e. The summed E-state index contributed by atoms with van der Waals surface area (Å²) < 4.78 is 10.9. The highest BCUT2D eigenvalue weighted by Crippen LogP contribution is 2.30. The molecule has 0 amide bonds. The minimum Gasteiger partial charge on any atom is -0.465 e. The highest BCUT2D eigenvalue weighted by molar-refractivity contribution is 5.75. The Morgan fingerprint density at radius 1 is 0.552 bits per heavy atom. The number of hydrogen-bond donors (Lipinski definition) is 0. The SMILES string of the molecule is CCCCCCCCCCCCOC(=O)C1CCC(C(=O)OCCCCC)CC1. The van der Waals surface area contributed by atoms with Crippen LogP contribution in [0.1, 0.15) is 123 Å². The standard InChI is InChI=1S/C25H46O4/c1-3-5-7-8-9-10-11-12-13-15-21-29-25(27)23-18-16-22(17-19-23)24(26)28-20-14-6-4-2/h22-23H,3-21H2,1-2H3. The van der Waals surface area contributed by atoms with Gasteiger partial charge < -0.3 is 9.47 Å². The highest BCUT2D eigenvalue weighted by Gasteiger charge is 2.31. The lowest BCUT2D eigenvalue weighted by atomic mass is 9.82. The molecule has 0 heterocycles. The Kier molecular flexibility index (Phi) is 15.9. The molecule has 4 heteroatoms. The molecule has 1 aliphatic rings. The minimum absolute atomic E-state index is 0.0253. The van der Waals surface area contributed by atoms with Crippen LogP contribution in [0.3, 0.4) is 0 Å². The largest absolute Gasteiger partial charge is 0.465 e. The molecule has 0 aliphatic heterocycles. The third-order valence-corrected chi connectivity index (χ3v) is 6.13. The van der Waals surface area contributed by atoms with Gasteiger partial charge in [0.2, 0.25) is 0 Å². The Hall–Kier alpha value is -1.06. The number of esters is 2. The summed E-state index contributed by atoms with van der Waals surface area (Å²) in [5, 5.41) is 0. The number of hydrogen-bond acceptors (Lipinski definition) is 4. The maximum absolute atomic E-state index is 12.2. The zero-order valence-corrected chi connectivity index (χ0v) is 19.2. The molecule has 0 spiro atoms. The second-order valence-corrected chi connectivity index (χ2v) is 8.77. The highest BCUT2D eigenvalue weighted by atomic mass is 16.5. The summed E-state index contributed by atoms with van der Waals surface area (Å²) in [5.41, 5.74) is 0. The fourth-order valence-electron chi connectivity index (χ4n) is 4.09. The first-order valence-electron chi connectivity index (χ1n) is 12.5. The van der Waals surface area contributed by atoms with Gasteiger partial charge in [-0.2, -0.15) is 0 Å². The Balaban J connectivity index is 1.97. The molecule has 29 heavy (non-hydrogen) atoms. The van der Waals surface area contributed by atoms with Crippen LogP contribution in [0.15, 0.2) is 0 Å². The fraction of sp³-hybridized carbons (Fsp3) is 0.920. The van der Waals surface area contributed by atoms with Crippen molar-refractivity contribution >= 4 is 11.9 Å². The van der Waals surface area contributed by atoms with E-state index in [1.807, 2.05) is 0 Å². The molecule has 0 N–H and O–H groups in total. The second-order valence-electron chi connectivity index (χ2n) is 8.77. The lowest BCUT2D eigenvalue weighted by Gasteiger charge is -2.26. The van der Waals surface area contributed by atoms with Crippen molar-refractivity contribution in [3.63, 3.8) is 0 Å². The van der Waals surface area contributed by atoms with Gasteiger partial charge in [-0.3, -0.25) is 9.59 Å². The average Bonchev–Trinajstić information content (AvgIpc) is 2.75. The molecule has 0 radical (unpaired) electrons. The number of carbonyl (C=O) groups excluding carboxylic acids is 2. The Morgan fingerprint density at radius 3 is 1.28 bits per heavy atom. The lowest BCUT2D eigenvalue weighted by Crippen LogP contribution is -2.28. The van der Waals surface area contributed by atoms with Gasteiger partial charge in [-0.1, -0.05) is 84.5 Å². The van der Waals surface area contributed by atoms with E-state index >= 15 is 0 Å². The first-order chi connectivity index (χ1) is 14.2. The van der Waals surface area contributed by atoms with Crippen LogP contribution in [-0.2, 0) is 19.1 Å². The first kappa shape index (κ1) is 26.0. The maximum atomic E-state index is 12.2. The van der Waals surface area contributed by atoms with Crippen LogP contribution in [0.25, 0.3) is 0 Å². The normalized spacial score (nSPS) is 19.1. The van der Waals surface area contributed by atoms with Crippen LogP contribution in [0.4, 0.5) is 0 Å². The molecular formula is C25H46O4. The van der Waals surface area contributed by atoms with Gasteiger partial charge in [0.25, 0.3) is 0 Å². The summed E-state index contributed by atoms with van der Waals surface area (Å²) in [6.07, 6.45) is 19.0. The molecule has 1 rings (SSSR count). The van der Waals surface area contributed by atoms with E-state index in [1.54, 1.807) is 0 Å². The van der Waals surface area contributed by atoms with Gasteiger partial charge in [0, 0.05) is 0 Å². The van der Waals surface area contributed by atoms with Crippen LogP contribution in [0.5, 0.6) is 0 Å². The summed E-state index contributed by atoms with van der Waals surface area (Å²) in [5.74, 6) is -0.182. The number of rotatable bonds is 17.